The molecule has 60 heavy (non-hydrogen) atoms. The lowest BCUT2D eigenvalue weighted by atomic mass is 9.63. The van der Waals surface area contributed by atoms with Crippen molar-refractivity contribution in [2.75, 3.05) is 0 Å². The average Bonchev–Trinajstić information content (AvgIpc) is 3.64. The predicted octanol–water partition coefficient (Wildman–Crippen LogP) is 13.2. The van der Waals surface area contributed by atoms with Crippen LogP contribution in [0.4, 0.5) is 0 Å². The fourth-order valence-electron chi connectivity index (χ4n) is 13.9. The summed E-state index contributed by atoms with van der Waals surface area (Å²) in [6.45, 7) is 0. The van der Waals surface area contributed by atoms with E-state index in [2.05, 4.69) is 158 Å². The van der Waals surface area contributed by atoms with Crippen LogP contribution >= 0.6 is 0 Å². The van der Waals surface area contributed by atoms with Crippen LogP contribution in [0.3, 0.4) is 0 Å². The highest BCUT2D eigenvalue weighted by Gasteiger charge is 2.66. The maximum atomic E-state index is 7.17. The van der Waals surface area contributed by atoms with Gasteiger partial charge in [0.25, 0.3) is 0 Å². The van der Waals surface area contributed by atoms with E-state index in [1.165, 1.54) is 77.1 Å². The minimum atomic E-state index is -0.538. The normalized spacial score (nSPS) is 25.4. The van der Waals surface area contributed by atoms with E-state index in [1.54, 1.807) is 0 Å². The summed E-state index contributed by atoms with van der Waals surface area (Å²) < 4.78 is 7.17. The Morgan fingerprint density at radius 2 is 1.15 bits per heavy atom. The van der Waals surface area contributed by atoms with Crippen LogP contribution in [-0.2, 0) is 10.8 Å². The molecule has 0 amide bonds. The number of para-hydroxylation sites is 2. The molecule has 4 heteroatoms. The maximum absolute atomic E-state index is 7.17. The molecule has 0 radical (unpaired) electrons. The minimum Gasteiger partial charge on any atom is -0.456 e. The Bertz CT molecular complexity index is 3070. The molecule has 288 valence electrons. The summed E-state index contributed by atoms with van der Waals surface area (Å²) in [5.74, 6) is 8.32. The van der Waals surface area contributed by atoms with Crippen LogP contribution in [-0.4, -0.2) is 15.0 Å². The zero-order valence-corrected chi connectivity index (χ0v) is 33.4. The summed E-state index contributed by atoms with van der Waals surface area (Å²) in [6, 6.07) is 57.3. The molecule has 4 nitrogen and oxygen atoms in total. The second kappa shape index (κ2) is 12.1. The highest BCUT2D eigenvalue weighted by Crippen LogP contribution is 2.71. The van der Waals surface area contributed by atoms with Gasteiger partial charge in [-0.2, -0.15) is 0 Å². The quantitative estimate of drug-likeness (QED) is 0.179. The van der Waals surface area contributed by atoms with Gasteiger partial charge < -0.3 is 4.74 Å². The molecule has 3 unspecified atom stereocenters. The Labute approximate surface area is 350 Å². The minimum absolute atomic E-state index is 0.0100. The standard InChI is InChI=1S/C56H43N3O/c1-2-13-35-29-36(26-25-34(35)12-1)52-57-53(59-54(58-52)55-31-33-24-27-47(55)50-37(28-33)30-38(50)32-55)43-17-4-3-14-39(43)42-18-11-22-48-51(42)60-49-23-10-9-21-46(49)56(48)44-19-7-5-15-40(44)41-16-6-8-20-45(41)56/h1-23,25-26,29,33,37-38,47,50H,24,27-28,30-32H2/t33-,37+,38?,47?,50-,55?/m1/s1. The van der Waals surface area contributed by atoms with E-state index in [9.17, 15) is 0 Å². The summed E-state index contributed by atoms with van der Waals surface area (Å²) in [7, 11) is 0. The van der Waals surface area contributed by atoms with E-state index in [4.69, 9.17) is 19.7 Å². The van der Waals surface area contributed by atoms with Crippen molar-refractivity contribution < 1.29 is 4.74 Å². The molecule has 1 aromatic heterocycles. The number of nitrogens with zero attached hydrogens (tertiary/aromatic N) is 3. The van der Waals surface area contributed by atoms with E-state index in [0.717, 1.165) is 80.5 Å². The van der Waals surface area contributed by atoms with E-state index in [1.807, 2.05) is 0 Å². The summed E-state index contributed by atoms with van der Waals surface area (Å²) in [5, 5.41) is 2.42. The zero-order valence-electron chi connectivity index (χ0n) is 33.4. The second-order valence-corrected chi connectivity index (χ2v) is 18.7. The van der Waals surface area contributed by atoms with Gasteiger partial charge in [0.05, 0.1) is 5.41 Å². The van der Waals surface area contributed by atoms with Crippen LogP contribution in [0.5, 0.6) is 11.5 Å². The SMILES string of the molecule is c1ccc2c(c1)Oc1c(-c3ccccc3-c3nc(-c4ccc5ccccc5c4)nc(C45CC6C[C@@H]7C[C@@H](CCC4[C@@H]67)C5)n3)cccc1C21c2ccccc2-c2ccccc21. The lowest BCUT2D eigenvalue weighted by Crippen LogP contribution is -2.39. The molecule has 0 saturated heterocycles. The third-order valence-corrected chi connectivity index (χ3v) is 16.1. The first-order valence-electron chi connectivity index (χ1n) is 22.1. The number of fused-ring (bicyclic) bond motifs is 11. The van der Waals surface area contributed by atoms with Crippen molar-refractivity contribution in [3.8, 4) is 56.5 Å². The van der Waals surface area contributed by atoms with Gasteiger partial charge in [-0.25, -0.2) is 15.0 Å². The summed E-state index contributed by atoms with van der Waals surface area (Å²) in [5.41, 5.74) is 11.1. The highest BCUT2D eigenvalue weighted by molar-refractivity contribution is 5.92. The largest absolute Gasteiger partial charge is 0.456 e. The fraction of sp³-hybridized carbons (Fsp3) is 0.232. The van der Waals surface area contributed by atoms with Crippen LogP contribution in [0.2, 0.25) is 0 Å². The molecule has 5 saturated carbocycles. The lowest BCUT2D eigenvalue weighted by Gasteiger charge is -2.42. The van der Waals surface area contributed by atoms with E-state index in [0.29, 0.717) is 5.92 Å². The molecule has 2 heterocycles. The van der Waals surface area contributed by atoms with Crippen LogP contribution in [0.1, 0.15) is 66.6 Å². The monoisotopic (exact) mass is 773 g/mol. The third-order valence-electron chi connectivity index (χ3n) is 16.1. The van der Waals surface area contributed by atoms with Gasteiger partial charge in [0.15, 0.2) is 11.6 Å². The maximum Gasteiger partial charge on any atom is 0.164 e. The topological polar surface area (TPSA) is 47.9 Å². The Balaban J connectivity index is 1.000. The molecule has 0 N–H and O–H groups in total. The zero-order chi connectivity index (χ0) is 39.2. The van der Waals surface area contributed by atoms with Crippen LogP contribution in [0.25, 0.3) is 55.8 Å². The average molecular weight is 774 g/mol. The van der Waals surface area contributed by atoms with Gasteiger partial charge in [-0.15, -0.1) is 0 Å². The Kier molecular flexibility index (Phi) is 6.75. The molecule has 8 aromatic rings. The summed E-state index contributed by atoms with van der Waals surface area (Å²) in [4.78, 5) is 16.8. The molecular formula is C56H43N3O. The first-order valence-corrected chi connectivity index (χ1v) is 22.1. The van der Waals surface area contributed by atoms with E-state index < -0.39 is 5.41 Å². The molecular weight excluding hydrogens is 731 g/mol. The first-order chi connectivity index (χ1) is 29.7. The van der Waals surface area contributed by atoms with Crippen molar-refractivity contribution in [3.05, 3.63) is 186 Å². The van der Waals surface area contributed by atoms with Gasteiger partial charge in [0, 0.05) is 33.2 Å². The Hall–Kier alpha value is -6.39. The fourth-order valence-corrected chi connectivity index (χ4v) is 13.9. The lowest BCUT2D eigenvalue weighted by molar-refractivity contribution is 0.0677. The molecule has 1 aliphatic heterocycles. The van der Waals surface area contributed by atoms with Gasteiger partial charge in [-0.3, -0.25) is 0 Å². The van der Waals surface area contributed by atoms with Crippen molar-refractivity contribution in [2.24, 2.45) is 29.6 Å². The van der Waals surface area contributed by atoms with Crippen LogP contribution < -0.4 is 4.74 Å². The Morgan fingerprint density at radius 3 is 1.98 bits per heavy atom. The number of hydrogen-bond acceptors (Lipinski definition) is 4. The number of aromatic nitrogens is 3. The second-order valence-electron chi connectivity index (χ2n) is 18.7. The predicted molar refractivity (Wildman–Crippen MR) is 238 cm³/mol. The first kappa shape index (κ1) is 33.4. The highest BCUT2D eigenvalue weighted by atomic mass is 16.5. The van der Waals surface area contributed by atoms with Gasteiger partial charge in [0.2, 0.25) is 0 Å². The number of rotatable bonds is 4. The van der Waals surface area contributed by atoms with Crippen molar-refractivity contribution in [3.63, 3.8) is 0 Å². The Morgan fingerprint density at radius 1 is 0.483 bits per heavy atom. The molecule has 7 aromatic carbocycles. The van der Waals surface area contributed by atoms with Gasteiger partial charge in [0.1, 0.15) is 17.3 Å². The van der Waals surface area contributed by atoms with E-state index >= 15 is 0 Å². The number of hydrogen-bond donors (Lipinski definition) is 0. The van der Waals surface area contributed by atoms with E-state index in [-0.39, 0.29) is 5.41 Å². The number of benzene rings is 7. The van der Waals surface area contributed by atoms with Crippen molar-refractivity contribution in [2.45, 2.75) is 49.4 Å². The van der Waals surface area contributed by atoms with Crippen LogP contribution in [0, 0.1) is 29.6 Å². The summed E-state index contributed by atoms with van der Waals surface area (Å²) >= 11 is 0. The van der Waals surface area contributed by atoms with Crippen molar-refractivity contribution >= 4 is 10.8 Å². The van der Waals surface area contributed by atoms with Gasteiger partial charge in [-0.1, -0.05) is 152 Å². The van der Waals surface area contributed by atoms with Gasteiger partial charge in [-0.05, 0) is 112 Å². The molecule has 4 bridgehead atoms. The van der Waals surface area contributed by atoms with Crippen LogP contribution in [0.15, 0.2) is 158 Å². The van der Waals surface area contributed by atoms with Crippen molar-refractivity contribution in [1.82, 2.24) is 15.0 Å². The smallest absolute Gasteiger partial charge is 0.164 e. The third kappa shape index (κ3) is 4.34. The molecule has 7 aliphatic rings. The molecule has 6 atom stereocenters. The molecule has 5 fully saturated rings. The number of ether oxygens (including phenoxy) is 1. The van der Waals surface area contributed by atoms with Gasteiger partial charge >= 0.3 is 0 Å². The van der Waals surface area contributed by atoms with Crippen molar-refractivity contribution in [1.29, 1.82) is 0 Å². The molecule has 15 rings (SSSR count). The molecule has 6 aliphatic carbocycles. The molecule has 1 spiro atoms. The summed E-state index contributed by atoms with van der Waals surface area (Å²) in [6.07, 6.45) is 7.92.